The van der Waals surface area contributed by atoms with E-state index >= 15 is 0 Å². The zero-order chi connectivity index (χ0) is 13.3. The molecule has 0 bridgehead atoms. The Bertz CT molecular complexity index is 572. The molecule has 0 saturated heterocycles. The van der Waals surface area contributed by atoms with Gasteiger partial charge in [-0.05, 0) is 37.7 Å². The minimum Gasteiger partial charge on any atom is -0.352 e. The molecule has 1 aliphatic carbocycles. The third kappa shape index (κ3) is 2.43. The molecule has 102 valence electrons. The molecule has 1 N–H and O–H groups in total. The maximum absolute atomic E-state index is 4.57. The molecule has 0 amide bonds. The van der Waals surface area contributed by atoms with Crippen LogP contribution in [-0.4, -0.2) is 32.1 Å². The van der Waals surface area contributed by atoms with Crippen molar-refractivity contribution in [1.82, 2.24) is 14.6 Å². The van der Waals surface area contributed by atoms with E-state index in [1.54, 1.807) is 0 Å². The molecule has 2 aromatic rings. The van der Waals surface area contributed by atoms with E-state index < -0.39 is 0 Å². The van der Waals surface area contributed by atoms with E-state index in [-0.39, 0.29) is 0 Å². The van der Waals surface area contributed by atoms with E-state index in [9.17, 15) is 0 Å². The average Bonchev–Trinajstić information content (AvgIpc) is 3.04. The van der Waals surface area contributed by atoms with Crippen LogP contribution >= 0.6 is 11.8 Å². The van der Waals surface area contributed by atoms with Crippen molar-refractivity contribution >= 4 is 23.4 Å². The molecule has 0 unspecified atom stereocenters. The van der Waals surface area contributed by atoms with Gasteiger partial charge in [-0.1, -0.05) is 18.9 Å². The summed E-state index contributed by atoms with van der Waals surface area (Å²) >= 11 is 1.98. The Morgan fingerprint density at radius 2 is 2.21 bits per heavy atom. The van der Waals surface area contributed by atoms with Crippen LogP contribution in [-0.2, 0) is 0 Å². The van der Waals surface area contributed by atoms with Crippen molar-refractivity contribution in [2.45, 2.75) is 37.4 Å². The first-order chi connectivity index (χ1) is 9.22. The summed E-state index contributed by atoms with van der Waals surface area (Å²) in [6.07, 6.45) is 9.45. The maximum Gasteiger partial charge on any atom is 0.243 e. The third-order valence-corrected chi connectivity index (χ3v) is 5.49. The summed E-state index contributed by atoms with van der Waals surface area (Å²) in [5.41, 5.74) is 2.10. The lowest BCUT2D eigenvalue weighted by atomic mass is 10.1. The van der Waals surface area contributed by atoms with Gasteiger partial charge in [-0.2, -0.15) is 16.7 Å². The fraction of sp³-hybridized carbons (Fsp3) is 0.571. The first-order valence-electron chi connectivity index (χ1n) is 6.83. The van der Waals surface area contributed by atoms with Gasteiger partial charge in [-0.25, -0.2) is 4.52 Å². The highest BCUT2D eigenvalue weighted by molar-refractivity contribution is 8.00. The second-order valence-corrected chi connectivity index (χ2v) is 6.62. The Kier molecular flexibility index (Phi) is 3.39. The van der Waals surface area contributed by atoms with Gasteiger partial charge in [0.25, 0.3) is 0 Å². The monoisotopic (exact) mass is 276 g/mol. The van der Waals surface area contributed by atoms with Gasteiger partial charge in [0.05, 0.1) is 0 Å². The quantitative estimate of drug-likeness (QED) is 0.931. The van der Waals surface area contributed by atoms with E-state index in [0.717, 1.165) is 23.7 Å². The molecule has 0 radical (unpaired) electrons. The molecule has 1 aliphatic rings. The van der Waals surface area contributed by atoms with Crippen LogP contribution in [0.5, 0.6) is 0 Å². The number of nitrogens with zero attached hydrogens (tertiary/aromatic N) is 3. The van der Waals surface area contributed by atoms with Gasteiger partial charge in [-0.15, -0.1) is 5.10 Å². The zero-order valence-corrected chi connectivity index (χ0v) is 12.3. The van der Waals surface area contributed by atoms with Crippen molar-refractivity contribution in [2.75, 3.05) is 18.1 Å². The van der Waals surface area contributed by atoms with E-state index in [1.165, 1.54) is 25.7 Å². The lowest BCUT2D eigenvalue weighted by molar-refractivity contribution is 0.637. The highest BCUT2D eigenvalue weighted by Crippen LogP contribution is 2.40. The van der Waals surface area contributed by atoms with Crippen LogP contribution in [0.3, 0.4) is 0 Å². The molecule has 0 aliphatic heterocycles. The number of hydrogen-bond acceptors (Lipinski definition) is 4. The minimum atomic E-state index is 0.381. The SMILES string of the molecule is CSC1(CNc2nc3c(C)cccn3n2)CCCC1. The molecule has 0 aromatic carbocycles. The smallest absolute Gasteiger partial charge is 0.243 e. The van der Waals surface area contributed by atoms with Crippen molar-refractivity contribution in [3.63, 3.8) is 0 Å². The van der Waals surface area contributed by atoms with Gasteiger partial charge in [-0.3, -0.25) is 0 Å². The Hall–Kier alpha value is -1.23. The lowest BCUT2D eigenvalue weighted by Gasteiger charge is -2.26. The number of pyridine rings is 1. The molecule has 0 atom stereocenters. The average molecular weight is 276 g/mol. The normalized spacial score (nSPS) is 18.0. The number of aryl methyl sites for hydroxylation is 1. The van der Waals surface area contributed by atoms with Crippen molar-refractivity contribution in [3.8, 4) is 0 Å². The predicted molar refractivity (Wildman–Crippen MR) is 80.9 cm³/mol. The number of aromatic nitrogens is 3. The molecule has 1 saturated carbocycles. The Morgan fingerprint density at radius 1 is 1.42 bits per heavy atom. The summed E-state index contributed by atoms with van der Waals surface area (Å²) in [4.78, 5) is 4.57. The predicted octanol–water partition coefficient (Wildman–Crippen LogP) is 3.13. The van der Waals surface area contributed by atoms with E-state index in [2.05, 4.69) is 34.6 Å². The van der Waals surface area contributed by atoms with Gasteiger partial charge in [0.15, 0.2) is 5.65 Å². The van der Waals surface area contributed by atoms with Gasteiger partial charge in [0.1, 0.15) is 0 Å². The topological polar surface area (TPSA) is 42.2 Å². The van der Waals surface area contributed by atoms with Crippen LogP contribution in [0.25, 0.3) is 5.65 Å². The molecule has 1 fully saturated rings. The first-order valence-corrected chi connectivity index (χ1v) is 8.06. The van der Waals surface area contributed by atoms with Crippen LogP contribution < -0.4 is 5.32 Å². The van der Waals surface area contributed by atoms with Gasteiger partial charge in [0, 0.05) is 17.5 Å². The van der Waals surface area contributed by atoms with Crippen LogP contribution in [0.4, 0.5) is 5.95 Å². The largest absolute Gasteiger partial charge is 0.352 e. The van der Waals surface area contributed by atoms with Crippen molar-refractivity contribution in [2.24, 2.45) is 0 Å². The zero-order valence-electron chi connectivity index (χ0n) is 11.5. The standard InChI is InChI=1S/C14H20N4S/c1-11-6-5-9-18-12(11)16-13(17-18)15-10-14(19-2)7-3-4-8-14/h5-6,9H,3-4,7-8,10H2,1-2H3,(H,15,17). The van der Waals surface area contributed by atoms with E-state index in [0.29, 0.717) is 4.75 Å². The molecule has 0 spiro atoms. The summed E-state index contributed by atoms with van der Waals surface area (Å²) in [5, 5.41) is 7.92. The summed E-state index contributed by atoms with van der Waals surface area (Å²) in [6, 6.07) is 4.06. The molecular weight excluding hydrogens is 256 g/mol. The minimum absolute atomic E-state index is 0.381. The second kappa shape index (κ2) is 5.04. The van der Waals surface area contributed by atoms with Crippen molar-refractivity contribution in [1.29, 1.82) is 0 Å². The van der Waals surface area contributed by atoms with E-state index in [1.807, 2.05) is 28.5 Å². The van der Waals surface area contributed by atoms with Crippen LogP contribution in [0.1, 0.15) is 31.2 Å². The van der Waals surface area contributed by atoms with Gasteiger partial charge >= 0.3 is 0 Å². The molecule has 19 heavy (non-hydrogen) atoms. The molecular formula is C14H20N4S. The first kappa shape index (κ1) is 12.8. The van der Waals surface area contributed by atoms with Crippen LogP contribution in [0.2, 0.25) is 0 Å². The molecule has 2 heterocycles. The maximum atomic E-state index is 4.57. The van der Waals surface area contributed by atoms with Crippen LogP contribution in [0, 0.1) is 6.92 Å². The summed E-state index contributed by atoms with van der Waals surface area (Å²) in [5.74, 6) is 0.745. The Balaban J connectivity index is 1.76. The summed E-state index contributed by atoms with van der Waals surface area (Å²) in [7, 11) is 0. The van der Waals surface area contributed by atoms with Crippen molar-refractivity contribution in [3.05, 3.63) is 23.9 Å². The fourth-order valence-electron chi connectivity index (χ4n) is 2.83. The number of anilines is 1. The number of hydrogen-bond donors (Lipinski definition) is 1. The molecule has 2 aromatic heterocycles. The highest BCUT2D eigenvalue weighted by atomic mass is 32.2. The molecule has 3 rings (SSSR count). The Labute approximate surface area is 118 Å². The lowest BCUT2D eigenvalue weighted by Crippen LogP contribution is -2.30. The summed E-state index contributed by atoms with van der Waals surface area (Å²) in [6.45, 7) is 3.03. The number of nitrogens with one attached hydrogen (secondary N) is 1. The van der Waals surface area contributed by atoms with Crippen LogP contribution in [0.15, 0.2) is 18.3 Å². The fourth-order valence-corrected chi connectivity index (χ4v) is 3.74. The van der Waals surface area contributed by atoms with Gasteiger partial charge < -0.3 is 5.32 Å². The number of fused-ring (bicyclic) bond motifs is 1. The third-order valence-electron chi connectivity index (χ3n) is 4.07. The molecule has 4 nitrogen and oxygen atoms in total. The number of thioether (sulfide) groups is 1. The Morgan fingerprint density at radius 3 is 2.89 bits per heavy atom. The second-order valence-electron chi connectivity index (χ2n) is 5.34. The highest BCUT2D eigenvalue weighted by Gasteiger charge is 2.32. The van der Waals surface area contributed by atoms with E-state index in [4.69, 9.17) is 0 Å². The molecule has 5 heteroatoms. The number of rotatable bonds is 4. The summed E-state index contributed by atoms with van der Waals surface area (Å²) < 4.78 is 2.23. The van der Waals surface area contributed by atoms with Gasteiger partial charge in [0.2, 0.25) is 5.95 Å². The van der Waals surface area contributed by atoms with Crippen molar-refractivity contribution < 1.29 is 0 Å².